The lowest BCUT2D eigenvalue weighted by Gasteiger charge is -2.16. The van der Waals surface area contributed by atoms with E-state index in [1.165, 1.54) is 24.4 Å². The summed E-state index contributed by atoms with van der Waals surface area (Å²) in [5, 5.41) is 9.02. The molecule has 1 fully saturated rings. The van der Waals surface area contributed by atoms with Crippen LogP contribution in [0.3, 0.4) is 0 Å². The van der Waals surface area contributed by atoms with Crippen molar-refractivity contribution in [3.05, 3.63) is 22.4 Å². The highest BCUT2D eigenvalue weighted by Crippen LogP contribution is 2.15. The molecule has 0 amide bonds. The Hall–Kier alpha value is -0.340. The molecule has 0 bridgehead atoms. The molecular formula is C17H31IN4S. The van der Waals surface area contributed by atoms with Crippen LogP contribution >= 0.6 is 35.3 Å². The first kappa shape index (κ1) is 20.7. The number of hydrogen-bond acceptors (Lipinski definition) is 3. The third-order valence-corrected chi connectivity index (χ3v) is 4.98. The van der Waals surface area contributed by atoms with Crippen molar-refractivity contribution < 1.29 is 0 Å². The maximum Gasteiger partial charge on any atom is 0.191 e. The Bertz CT molecular complexity index is 449. The minimum absolute atomic E-state index is 0. The highest BCUT2D eigenvalue weighted by molar-refractivity contribution is 14.0. The third kappa shape index (κ3) is 7.85. The second kappa shape index (κ2) is 11.3. The number of rotatable bonds is 7. The fraction of sp³-hybridized carbons (Fsp3) is 0.706. The third-order valence-electron chi connectivity index (χ3n) is 4.08. The Kier molecular flexibility index (Phi) is 10.1. The molecule has 0 aliphatic carbocycles. The van der Waals surface area contributed by atoms with E-state index in [2.05, 4.69) is 53.9 Å². The zero-order chi connectivity index (χ0) is 15.8. The minimum Gasteiger partial charge on any atom is -0.357 e. The summed E-state index contributed by atoms with van der Waals surface area (Å²) in [6.45, 7) is 9.62. The van der Waals surface area contributed by atoms with Gasteiger partial charge in [0, 0.05) is 31.1 Å². The molecule has 6 heteroatoms. The molecule has 0 saturated carbocycles. The van der Waals surface area contributed by atoms with Crippen molar-refractivity contribution in [1.29, 1.82) is 0 Å². The van der Waals surface area contributed by atoms with Crippen LogP contribution in [0.1, 0.15) is 25.1 Å². The minimum atomic E-state index is 0. The largest absolute Gasteiger partial charge is 0.357 e. The SMILES string of the molecule is CCNC(=NCC(C)Cc1cccs1)NCC1CCN(C)C1.I. The van der Waals surface area contributed by atoms with Crippen LogP contribution in [0.25, 0.3) is 0 Å². The topological polar surface area (TPSA) is 39.7 Å². The number of aliphatic imine (C=N–C) groups is 1. The molecule has 1 aromatic rings. The zero-order valence-electron chi connectivity index (χ0n) is 14.5. The van der Waals surface area contributed by atoms with Crippen LogP contribution in [-0.4, -0.2) is 50.6 Å². The quantitative estimate of drug-likeness (QED) is 0.381. The van der Waals surface area contributed by atoms with E-state index in [4.69, 9.17) is 4.99 Å². The maximum atomic E-state index is 4.76. The molecule has 4 nitrogen and oxygen atoms in total. The van der Waals surface area contributed by atoms with Gasteiger partial charge in [-0.3, -0.25) is 4.99 Å². The Morgan fingerprint density at radius 2 is 2.30 bits per heavy atom. The lowest BCUT2D eigenvalue weighted by molar-refractivity contribution is 0.394. The van der Waals surface area contributed by atoms with Crippen LogP contribution in [0.15, 0.2) is 22.5 Å². The average molecular weight is 450 g/mol. The second-order valence-corrected chi connectivity index (χ2v) is 7.44. The molecule has 0 spiro atoms. The normalized spacial score (nSPS) is 20.1. The van der Waals surface area contributed by atoms with Gasteiger partial charge in [0.05, 0.1) is 0 Å². The fourth-order valence-electron chi connectivity index (χ4n) is 2.86. The number of likely N-dealkylation sites (tertiary alicyclic amines) is 1. The first-order valence-corrected chi connectivity index (χ1v) is 9.28. The van der Waals surface area contributed by atoms with Gasteiger partial charge in [0.15, 0.2) is 5.96 Å². The summed E-state index contributed by atoms with van der Waals surface area (Å²) in [5.41, 5.74) is 0. The Morgan fingerprint density at radius 3 is 2.91 bits per heavy atom. The molecule has 0 aromatic carbocycles. The van der Waals surface area contributed by atoms with Crippen molar-refractivity contribution in [2.75, 3.05) is 39.8 Å². The van der Waals surface area contributed by atoms with E-state index in [0.29, 0.717) is 5.92 Å². The lowest BCUT2D eigenvalue weighted by atomic mass is 10.1. The predicted octanol–water partition coefficient (Wildman–Crippen LogP) is 3.05. The summed E-state index contributed by atoms with van der Waals surface area (Å²) >= 11 is 1.84. The van der Waals surface area contributed by atoms with E-state index in [-0.39, 0.29) is 24.0 Å². The number of hydrogen-bond donors (Lipinski definition) is 2. The van der Waals surface area contributed by atoms with Crippen LogP contribution in [-0.2, 0) is 6.42 Å². The van der Waals surface area contributed by atoms with Crippen molar-refractivity contribution in [2.45, 2.75) is 26.7 Å². The molecule has 2 N–H and O–H groups in total. The summed E-state index contributed by atoms with van der Waals surface area (Å²) in [6, 6.07) is 4.34. The smallest absolute Gasteiger partial charge is 0.191 e. The number of guanidine groups is 1. The van der Waals surface area contributed by atoms with E-state index < -0.39 is 0 Å². The highest BCUT2D eigenvalue weighted by atomic mass is 127. The molecular weight excluding hydrogens is 419 g/mol. The first-order chi connectivity index (χ1) is 10.7. The van der Waals surface area contributed by atoms with Crippen LogP contribution in [0.5, 0.6) is 0 Å². The van der Waals surface area contributed by atoms with Gasteiger partial charge in [-0.25, -0.2) is 0 Å². The number of halogens is 1. The van der Waals surface area contributed by atoms with E-state index in [9.17, 15) is 0 Å². The van der Waals surface area contributed by atoms with Gasteiger partial charge >= 0.3 is 0 Å². The Labute approximate surface area is 162 Å². The molecule has 2 rings (SSSR count). The summed E-state index contributed by atoms with van der Waals surface area (Å²) in [5.74, 6) is 2.29. The molecule has 1 aliphatic heterocycles. The first-order valence-electron chi connectivity index (χ1n) is 8.40. The standard InChI is InChI=1S/C17H30N4S.HI/c1-4-18-17(20-12-15-7-8-21(3)13-15)19-11-14(2)10-16-6-5-9-22-16;/h5-6,9,14-15H,4,7-8,10-13H2,1-3H3,(H2,18,19,20);1H. The number of nitrogens with zero attached hydrogens (tertiary/aromatic N) is 2. The Balaban J connectivity index is 0.00000264. The van der Waals surface area contributed by atoms with Gasteiger partial charge in [0.2, 0.25) is 0 Å². The molecule has 1 aliphatic rings. The second-order valence-electron chi connectivity index (χ2n) is 6.41. The fourth-order valence-corrected chi connectivity index (χ4v) is 3.73. The molecule has 0 radical (unpaired) electrons. The van der Waals surface area contributed by atoms with Crippen LogP contribution in [0.4, 0.5) is 0 Å². The lowest BCUT2D eigenvalue weighted by Crippen LogP contribution is -2.40. The van der Waals surface area contributed by atoms with E-state index in [1.54, 1.807) is 0 Å². The van der Waals surface area contributed by atoms with Crippen molar-refractivity contribution in [2.24, 2.45) is 16.8 Å². The zero-order valence-corrected chi connectivity index (χ0v) is 17.7. The summed E-state index contributed by atoms with van der Waals surface area (Å²) < 4.78 is 0. The van der Waals surface area contributed by atoms with Gasteiger partial charge in [0.25, 0.3) is 0 Å². The average Bonchev–Trinajstić information content (AvgIpc) is 3.13. The van der Waals surface area contributed by atoms with E-state index in [1.807, 2.05) is 11.3 Å². The molecule has 2 atom stereocenters. The van der Waals surface area contributed by atoms with Crippen molar-refractivity contribution in [3.63, 3.8) is 0 Å². The molecule has 1 saturated heterocycles. The molecule has 1 aromatic heterocycles. The Morgan fingerprint density at radius 1 is 1.48 bits per heavy atom. The van der Waals surface area contributed by atoms with Gasteiger partial charge in [-0.2, -0.15) is 0 Å². The monoisotopic (exact) mass is 450 g/mol. The van der Waals surface area contributed by atoms with Gasteiger partial charge in [0.1, 0.15) is 0 Å². The van der Waals surface area contributed by atoms with E-state index >= 15 is 0 Å². The van der Waals surface area contributed by atoms with Crippen molar-refractivity contribution in [1.82, 2.24) is 15.5 Å². The highest BCUT2D eigenvalue weighted by Gasteiger charge is 2.19. The molecule has 2 unspecified atom stereocenters. The van der Waals surface area contributed by atoms with Crippen molar-refractivity contribution >= 4 is 41.3 Å². The predicted molar refractivity (Wildman–Crippen MR) is 112 cm³/mol. The van der Waals surface area contributed by atoms with Gasteiger partial charge in [-0.1, -0.05) is 13.0 Å². The van der Waals surface area contributed by atoms with Gasteiger partial charge in [-0.05, 0) is 56.6 Å². The van der Waals surface area contributed by atoms with Crippen molar-refractivity contribution in [3.8, 4) is 0 Å². The summed E-state index contributed by atoms with van der Waals surface area (Å²) in [6.07, 6.45) is 2.41. The number of thiophene rings is 1. The van der Waals surface area contributed by atoms with Gasteiger partial charge < -0.3 is 15.5 Å². The number of nitrogens with one attached hydrogen (secondary N) is 2. The summed E-state index contributed by atoms with van der Waals surface area (Å²) in [7, 11) is 2.20. The van der Waals surface area contributed by atoms with Crippen LogP contribution < -0.4 is 10.6 Å². The molecule has 2 heterocycles. The van der Waals surface area contributed by atoms with Crippen LogP contribution in [0.2, 0.25) is 0 Å². The van der Waals surface area contributed by atoms with E-state index in [0.717, 1.165) is 37.9 Å². The van der Waals surface area contributed by atoms with Gasteiger partial charge in [-0.15, -0.1) is 35.3 Å². The van der Waals surface area contributed by atoms with Crippen LogP contribution in [0, 0.1) is 11.8 Å². The summed E-state index contributed by atoms with van der Waals surface area (Å²) in [4.78, 5) is 8.62. The maximum absolute atomic E-state index is 4.76. The molecule has 23 heavy (non-hydrogen) atoms. The molecule has 132 valence electrons.